The molecule has 0 aliphatic carbocycles. The molecule has 3 aromatic carbocycles. The summed E-state index contributed by atoms with van der Waals surface area (Å²) in [5.74, 6) is 0. The Hall–Kier alpha value is -1.56. The molecule has 122 valence electrons. The topological polar surface area (TPSA) is 3.24 Å². The first-order valence-electron chi connectivity index (χ1n) is 8.38. The number of likely N-dealkylation sites (N-methyl/N-ethyl adjacent to an activating group) is 1. The first kappa shape index (κ1) is 17.3. The second kappa shape index (κ2) is 8.51. The van der Waals surface area contributed by atoms with E-state index in [9.17, 15) is 0 Å². The van der Waals surface area contributed by atoms with Crippen molar-refractivity contribution >= 4 is 30.7 Å². The monoisotopic (exact) mass is 423 g/mol. The van der Waals surface area contributed by atoms with Gasteiger partial charge in [0.15, 0.2) is 0 Å². The van der Waals surface area contributed by atoms with Crippen molar-refractivity contribution in [3.05, 3.63) is 90.5 Å². The molecule has 0 atom stereocenters. The van der Waals surface area contributed by atoms with E-state index in [0.717, 1.165) is 13.0 Å². The first-order chi connectivity index (χ1) is 11.8. The van der Waals surface area contributed by atoms with Crippen molar-refractivity contribution in [3.63, 3.8) is 0 Å². The van der Waals surface area contributed by atoms with Crippen molar-refractivity contribution in [2.24, 2.45) is 0 Å². The van der Waals surface area contributed by atoms with Crippen LogP contribution < -0.4 is 10.5 Å². The van der Waals surface area contributed by atoms with Gasteiger partial charge in [0.25, 0.3) is 0 Å². The number of hydrogen-bond donors (Lipinski definition) is 0. The molecule has 1 nitrogen and oxygen atoms in total. The standard InChI is InChI=1S/C10H14N.2C6H5.Sb/c1-11(2)9-8-10-6-4-3-5-7-10;2*1-2-4-6-5-3-1;/h3-6H,8-9H2,1-2H3;2*1-5H;. The van der Waals surface area contributed by atoms with Gasteiger partial charge >= 0.3 is 153 Å². The van der Waals surface area contributed by atoms with Crippen molar-refractivity contribution in [2.45, 2.75) is 6.42 Å². The van der Waals surface area contributed by atoms with Crippen molar-refractivity contribution in [1.82, 2.24) is 4.90 Å². The number of rotatable bonds is 6. The van der Waals surface area contributed by atoms with Crippen LogP contribution in [-0.2, 0) is 6.42 Å². The van der Waals surface area contributed by atoms with E-state index in [1.807, 2.05) is 0 Å². The molecule has 0 fully saturated rings. The summed E-state index contributed by atoms with van der Waals surface area (Å²) in [5.41, 5.74) is 1.52. The van der Waals surface area contributed by atoms with Gasteiger partial charge in [0, 0.05) is 0 Å². The van der Waals surface area contributed by atoms with Gasteiger partial charge < -0.3 is 0 Å². The van der Waals surface area contributed by atoms with E-state index in [-0.39, 0.29) is 0 Å². The molecule has 0 spiro atoms. The molecular formula is C22H24NSb. The van der Waals surface area contributed by atoms with E-state index < -0.39 is 20.2 Å². The van der Waals surface area contributed by atoms with E-state index in [1.54, 1.807) is 3.51 Å². The summed E-state index contributed by atoms with van der Waals surface area (Å²) in [6, 6.07) is 31.3. The van der Waals surface area contributed by atoms with E-state index in [1.165, 1.54) is 12.6 Å². The molecule has 0 unspecified atom stereocenters. The average molecular weight is 424 g/mol. The third kappa shape index (κ3) is 4.29. The summed E-state index contributed by atoms with van der Waals surface area (Å²) in [5, 5.41) is 0. The van der Waals surface area contributed by atoms with Gasteiger partial charge in [-0.2, -0.15) is 0 Å². The fraction of sp³-hybridized carbons (Fsp3) is 0.182. The molecule has 0 aliphatic heterocycles. The van der Waals surface area contributed by atoms with Gasteiger partial charge in [-0.25, -0.2) is 0 Å². The van der Waals surface area contributed by atoms with Crippen LogP contribution in [0, 0.1) is 0 Å². The summed E-state index contributed by atoms with van der Waals surface area (Å²) in [6.07, 6.45) is 1.11. The minimum absolute atomic E-state index is 1.09. The van der Waals surface area contributed by atoms with Crippen molar-refractivity contribution in [3.8, 4) is 0 Å². The molecule has 0 aliphatic rings. The van der Waals surface area contributed by atoms with Crippen molar-refractivity contribution in [1.29, 1.82) is 0 Å². The molecule has 0 saturated heterocycles. The second-order valence-electron chi connectivity index (χ2n) is 6.19. The van der Waals surface area contributed by atoms with E-state index in [4.69, 9.17) is 0 Å². The maximum absolute atomic E-state index is 2.37. The molecule has 0 radical (unpaired) electrons. The van der Waals surface area contributed by atoms with E-state index >= 15 is 0 Å². The SMILES string of the molecule is CN(C)CCc1cccc[c]1[Sb]([c]1ccccc1)[c]1ccccc1. The van der Waals surface area contributed by atoms with Crippen molar-refractivity contribution in [2.75, 3.05) is 20.6 Å². The van der Waals surface area contributed by atoms with Crippen LogP contribution in [0.4, 0.5) is 0 Å². The van der Waals surface area contributed by atoms with Crippen LogP contribution in [0.3, 0.4) is 0 Å². The quantitative estimate of drug-likeness (QED) is 0.550. The zero-order valence-corrected chi connectivity index (χ0v) is 16.9. The molecule has 2 heteroatoms. The third-order valence-electron chi connectivity index (χ3n) is 4.09. The maximum atomic E-state index is 2.37. The Morgan fingerprint density at radius 3 is 1.71 bits per heavy atom. The summed E-state index contributed by atoms with van der Waals surface area (Å²) in [7, 11) is 4.30. The zero-order valence-electron chi connectivity index (χ0n) is 14.4. The van der Waals surface area contributed by atoms with Gasteiger partial charge in [0.1, 0.15) is 0 Å². The molecule has 0 amide bonds. The Kier molecular flexibility index (Phi) is 6.12. The molecule has 0 bridgehead atoms. The van der Waals surface area contributed by atoms with Crippen LogP contribution in [0.15, 0.2) is 84.9 Å². The van der Waals surface area contributed by atoms with Gasteiger partial charge in [0.2, 0.25) is 0 Å². The summed E-state index contributed by atoms with van der Waals surface area (Å²) in [4.78, 5) is 2.27. The molecule has 3 rings (SSSR count). The molecule has 0 N–H and O–H groups in total. The molecular weight excluding hydrogens is 400 g/mol. The van der Waals surface area contributed by atoms with Gasteiger partial charge in [-0.1, -0.05) is 0 Å². The summed E-state index contributed by atoms with van der Waals surface area (Å²) >= 11 is -1.98. The van der Waals surface area contributed by atoms with E-state index in [0.29, 0.717) is 0 Å². The second-order valence-corrected chi connectivity index (χ2v) is 12.4. The normalized spacial score (nSPS) is 11.2. The average Bonchev–Trinajstić information content (AvgIpc) is 2.63. The number of benzene rings is 3. The van der Waals surface area contributed by atoms with Crippen LogP contribution in [0.2, 0.25) is 0 Å². The summed E-state index contributed by atoms with van der Waals surface area (Å²) < 4.78 is 4.66. The van der Waals surface area contributed by atoms with Crippen LogP contribution in [-0.4, -0.2) is 45.7 Å². The fourth-order valence-corrected chi connectivity index (χ4v) is 10.0. The van der Waals surface area contributed by atoms with Crippen LogP contribution in [0.5, 0.6) is 0 Å². The predicted molar refractivity (Wildman–Crippen MR) is 106 cm³/mol. The Bertz CT molecular complexity index is 714. The molecule has 0 saturated carbocycles. The molecule has 24 heavy (non-hydrogen) atoms. The van der Waals surface area contributed by atoms with Gasteiger partial charge in [-0.15, -0.1) is 0 Å². The first-order valence-corrected chi connectivity index (χ1v) is 12.2. The molecule has 0 heterocycles. The van der Waals surface area contributed by atoms with Gasteiger partial charge in [-0.3, -0.25) is 0 Å². The fourth-order valence-electron chi connectivity index (χ4n) is 2.87. The zero-order chi connectivity index (χ0) is 16.8. The Balaban J connectivity index is 2.07. The van der Waals surface area contributed by atoms with Crippen LogP contribution >= 0.6 is 0 Å². The Morgan fingerprint density at radius 2 is 1.17 bits per heavy atom. The van der Waals surface area contributed by atoms with E-state index in [2.05, 4.69) is 104 Å². The van der Waals surface area contributed by atoms with Crippen LogP contribution in [0.1, 0.15) is 5.56 Å². The summed E-state index contributed by atoms with van der Waals surface area (Å²) in [6.45, 7) is 1.09. The predicted octanol–water partition coefficient (Wildman–Crippen LogP) is 2.31. The number of nitrogens with zero attached hydrogens (tertiary/aromatic N) is 1. The molecule has 0 aromatic heterocycles. The third-order valence-corrected chi connectivity index (χ3v) is 11.4. The van der Waals surface area contributed by atoms with Crippen molar-refractivity contribution < 1.29 is 0 Å². The number of hydrogen-bond acceptors (Lipinski definition) is 1. The van der Waals surface area contributed by atoms with Gasteiger partial charge in [0.05, 0.1) is 0 Å². The van der Waals surface area contributed by atoms with Crippen LogP contribution in [0.25, 0.3) is 0 Å². The Morgan fingerprint density at radius 1 is 0.667 bits per heavy atom. The Labute approximate surface area is 152 Å². The van der Waals surface area contributed by atoms with Gasteiger partial charge in [-0.05, 0) is 0 Å². The molecule has 3 aromatic rings. The minimum atomic E-state index is -1.98.